The van der Waals surface area contributed by atoms with E-state index < -0.39 is 10.0 Å². The molecule has 0 bridgehead atoms. The molecule has 2 heterocycles. The number of nitrogens with zero attached hydrogens (tertiary/aromatic N) is 1. The van der Waals surface area contributed by atoms with E-state index in [0.29, 0.717) is 23.5 Å². The first-order valence-corrected chi connectivity index (χ1v) is 11.7. The van der Waals surface area contributed by atoms with E-state index in [1.165, 1.54) is 0 Å². The summed E-state index contributed by atoms with van der Waals surface area (Å²) < 4.78 is 39.3. The van der Waals surface area contributed by atoms with Crippen LogP contribution in [0.2, 0.25) is 0 Å². The average molecular weight is 442 g/mol. The van der Waals surface area contributed by atoms with Gasteiger partial charge in [-0.15, -0.1) is 0 Å². The number of rotatable bonds is 6. The zero-order valence-corrected chi connectivity index (χ0v) is 18.6. The van der Waals surface area contributed by atoms with Gasteiger partial charge in [0.1, 0.15) is 5.75 Å². The van der Waals surface area contributed by atoms with Crippen LogP contribution in [-0.2, 0) is 10.0 Å². The quantitative estimate of drug-likeness (QED) is 0.603. The minimum Gasteiger partial charge on any atom is -0.495 e. The molecule has 31 heavy (non-hydrogen) atoms. The predicted octanol–water partition coefficient (Wildman–Crippen LogP) is 3.94. The minimum atomic E-state index is -3.73. The molecular weight excluding hydrogens is 414 g/mol. The zero-order valence-electron chi connectivity index (χ0n) is 17.8. The molecule has 1 aliphatic heterocycles. The fourth-order valence-corrected chi connectivity index (χ4v) is 5.04. The predicted molar refractivity (Wildman–Crippen MR) is 122 cm³/mol. The number of anilines is 2. The van der Waals surface area contributed by atoms with Crippen molar-refractivity contribution >= 4 is 21.4 Å². The van der Waals surface area contributed by atoms with Crippen molar-refractivity contribution in [3.8, 4) is 16.9 Å². The van der Waals surface area contributed by atoms with Gasteiger partial charge in [0.2, 0.25) is 0 Å². The number of nitrogens with one attached hydrogen (secondary N) is 2. The summed E-state index contributed by atoms with van der Waals surface area (Å²) >= 11 is 0. The molecule has 2 atom stereocenters. The lowest BCUT2D eigenvalue weighted by Crippen LogP contribution is -2.54. The Morgan fingerprint density at radius 3 is 2.35 bits per heavy atom. The highest BCUT2D eigenvalue weighted by Gasteiger charge is 2.24. The van der Waals surface area contributed by atoms with Gasteiger partial charge in [-0.1, -0.05) is 12.1 Å². The number of methoxy groups -OCH3 is 1. The van der Waals surface area contributed by atoms with E-state index >= 15 is 0 Å². The van der Waals surface area contributed by atoms with Crippen LogP contribution in [0.4, 0.5) is 11.4 Å². The van der Waals surface area contributed by atoms with Crippen molar-refractivity contribution in [1.29, 1.82) is 0 Å². The fraction of sp³-hybridized carbons (Fsp3) is 0.304. The Hall–Kier alpha value is -2.97. The van der Waals surface area contributed by atoms with Crippen LogP contribution >= 0.6 is 0 Å². The van der Waals surface area contributed by atoms with E-state index in [1.807, 2.05) is 12.1 Å². The normalized spacial score (nSPS) is 19.3. The Balaban J connectivity index is 1.58. The first-order valence-electron chi connectivity index (χ1n) is 10.2. The van der Waals surface area contributed by atoms with Gasteiger partial charge in [0.15, 0.2) is 0 Å². The Labute approximate surface area is 183 Å². The Morgan fingerprint density at radius 2 is 1.74 bits per heavy atom. The highest BCUT2D eigenvalue weighted by molar-refractivity contribution is 7.92. The van der Waals surface area contributed by atoms with Gasteiger partial charge in [0.05, 0.1) is 35.9 Å². The molecule has 1 aliphatic rings. The molecule has 1 aromatic heterocycles. The average Bonchev–Trinajstić information content (AvgIpc) is 3.28. The molecule has 164 valence electrons. The van der Waals surface area contributed by atoms with Crippen LogP contribution in [-0.4, -0.2) is 40.7 Å². The smallest absolute Gasteiger partial charge is 0.261 e. The molecule has 0 saturated carbocycles. The molecule has 1 fully saturated rings. The maximum atomic E-state index is 13.0. The summed E-state index contributed by atoms with van der Waals surface area (Å²) in [4.78, 5) is 2.42. The minimum absolute atomic E-state index is 0.196. The second-order valence-electron chi connectivity index (χ2n) is 7.90. The molecule has 2 unspecified atom stereocenters. The number of piperazine rings is 1. The lowest BCUT2D eigenvalue weighted by molar-refractivity contribution is 0.391. The number of sulfonamides is 1. The highest BCUT2D eigenvalue weighted by atomic mass is 32.2. The molecule has 2 N–H and O–H groups in total. The van der Waals surface area contributed by atoms with Gasteiger partial charge >= 0.3 is 0 Å². The molecule has 1 saturated heterocycles. The lowest BCUT2D eigenvalue weighted by Gasteiger charge is -2.38. The van der Waals surface area contributed by atoms with Crippen LogP contribution in [0.1, 0.15) is 13.8 Å². The SMILES string of the molecule is COc1ccc(NS(=O)(=O)c2ccc(-c3ccoc3)cc2)cc1N1CC(C)NC(C)C1. The molecule has 3 aromatic rings. The van der Waals surface area contributed by atoms with Gasteiger partial charge in [0.25, 0.3) is 10.0 Å². The first kappa shape index (κ1) is 21.3. The van der Waals surface area contributed by atoms with Gasteiger partial charge < -0.3 is 19.4 Å². The van der Waals surface area contributed by atoms with Crippen molar-refractivity contribution in [2.45, 2.75) is 30.8 Å². The molecule has 8 heteroatoms. The molecule has 2 aromatic carbocycles. The van der Waals surface area contributed by atoms with Crippen LogP contribution < -0.4 is 19.7 Å². The van der Waals surface area contributed by atoms with Crippen LogP contribution in [0, 0.1) is 0 Å². The van der Waals surface area contributed by atoms with Crippen LogP contribution in [0.5, 0.6) is 5.75 Å². The number of furan rings is 1. The summed E-state index contributed by atoms with van der Waals surface area (Å²) in [5.74, 6) is 0.716. The molecule has 0 aliphatic carbocycles. The van der Waals surface area contributed by atoms with Crippen molar-refractivity contribution in [3.63, 3.8) is 0 Å². The molecular formula is C23H27N3O4S. The summed E-state index contributed by atoms with van der Waals surface area (Å²) in [6.45, 7) is 5.89. The number of hydrogen-bond donors (Lipinski definition) is 2. The summed E-state index contributed by atoms with van der Waals surface area (Å²) in [7, 11) is -2.11. The third-order valence-electron chi connectivity index (χ3n) is 5.35. The van der Waals surface area contributed by atoms with Crippen molar-refractivity contribution in [3.05, 3.63) is 61.1 Å². The Morgan fingerprint density at radius 1 is 1.03 bits per heavy atom. The van der Waals surface area contributed by atoms with Gasteiger partial charge in [-0.3, -0.25) is 4.72 Å². The lowest BCUT2D eigenvalue weighted by atomic mass is 10.1. The summed E-state index contributed by atoms with van der Waals surface area (Å²) in [6, 6.07) is 14.5. The molecule has 4 rings (SSSR count). The second-order valence-corrected chi connectivity index (χ2v) is 9.58. The number of benzene rings is 2. The van der Waals surface area contributed by atoms with Gasteiger partial charge in [-0.2, -0.15) is 0 Å². The van der Waals surface area contributed by atoms with Crippen LogP contribution in [0.3, 0.4) is 0 Å². The van der Waals surface area contributed by atoms with Gasteiger partial charge in [-0.05, 0) is 55.8 Å². The first-order chi connectivity index (χ1) is 14.9. The fourth-order valence-electron chi connectivity index (χ4n) is 3.99. The van der Waals surface area contributed by atoms with Crippen LogP contribution in [0.15, 0.2) is 70.4 Å². The molecule has 0 radical (unpaired) electrons. The van der Waals surface area contributed by atoms with Crippen molar-refractivity contribution in [2.24, 2.45) is 0 Å². The van der Waals surface area contributed by atoms with E-state index in [4.69, 9.17) is 9.15 Å². The topological polar surface area (TPSA) is 83.8 Å². The van der Waals surface area contributed by atoms with E-state index in [0.717, 1.165) is 29.9 Å². The monoisotopic (exact) mass is 441 g/mol. The van der Waals surface area contributed by atoms with E-state index in [-0.39, 0.29) is 4.90 Å². The largest absolute Gasteiger partial charge is 0.495 e. The highest BCUT2D eigenvalue weighted by Crippen LogP contribution is 2.33. The maximum absolute atomic E-state index is 13.0. The van der Waals surface area contributed by atoms with Crippen molar-refractivity contribution in [2.75, 3.05) is 29.8 Å². The molecule has 0 spiro atoms. The van der Waals surface area contributed by atoms with E-state index in [2.05, 4.69) is 28.8 Å². The van der Waals surface area contributed by atoms with E-state index in [1.54, 1.807) is 56.0 Å². The second kappa shape index (κ2) is 8.64. The maximum Gasteiger partial charge on any atom is 0.261 e. The molecule has 7 nitrogen and oxygen atoms in total. The standard InChI is InChI=1S/C23H27N3O4S/c1-16-13-26(14-17(2)24-16)22-12-20(6-9-23(22)29-3)25-31(27,28)21-7-4-18(5-8-21)19-10-11-30-15-19/h4-12,15-17,24-25H,13-14H2,1-3H3. The van der Waals surface area contributed by atoms with E-state index in [9.17, 15) is 8.42 Å². The zero-order chi connectivity index (χ0) is 22.0. The van der Waals surface area contributed by atoms with Crippen LogP contribution in [0.25, 0.3) is 11.1 Å². The van der Waals surface area contributed by atoms with Gasteiger partial charge in [0, 0.05) is 30.7 Å². The third-order valence-corrected chi connectivity index (χ3v) is 6.75. The number of ether oxygens (including phenoxy) is 1. The van der Waals surface area contributed by atoms with Crippen molar-refractivity contribution < 1.29 is 17.6 Å². The Kier molecular flexibility index (Phi) is 5.93. The third kappa shape index (κ3) is 4.70. The van der Waals surface area contributed by atoms with Gasteiger partial charge in [-0.25, -0.2) is 8.42 Å². The Bertz CT molecular complexity index is 1120. The summed E-state index contributed by atoms with van der Waals surface area (Å²) in [5.41, 5.74) is 3.16. The molecule has 0 amide bonds. The van der Waals surface area contributed by atoms with Crippen molar-refractivity contribution in [1.82, 2.24) is 5.32 Å². The summed E-state index contributed by atoms with van der Waals surface area (Å²) in [5, 5.41) is 3.51. The summed E-state index contributed by atoms with van der Waals surface area (Å²) in [6.07, 6.45) is 3.21. The number of hydrogen-bond acceptors (Lipinski definition) is 6.